The van der Waals surface area contributed by atoms with Gasteiger partial charge in [-0.1, -0.05) is 12.1 Å². The van der Waals surface area contributed by atoms with Crippen LogP contribution in [0.3, 0.4) is 0 Å². The van der Waals surface area contributed by atoms with Crippen molar-refractivity contribution in [3.05, 3.63) is 84.4 Å². The van der Waals surface area contributed by atoms with E-state index in [0.29, 0.717) is 12.1 Å². The first-order chi connectivity index (χ1) is 10.8. The molecule has 0 aliphatic carbocycles. The van der Waals surface area contributed by atoms with Crippen molar-refractivity contribution >= 4 is 5.91 Å². The van der Waals surface area contributed by atoms with Gasteiger partial charge in [0, 0.05) is 48.5 Å². The Morgan fingerprint density at radius 1 is 1.05 bits per heavy atom. The minimum Gasteiger partial charge on any atom is -0.352 e. The smallest absolute Gasteiger partial charge is 0.251 e. The van der Waals surface area contributed by atoms with E-state index in [1.54, 1.807) is 6.20 Å². The fourth-order valence-corrected chi connectivity index (χ4v) is 2.27. The van der Waals surface area contributed by atoms with Crippen molar-refractivity contribution in [2.75, 3.05) is 6.54 Å². The van der Waals surface area contributed by atoms with E-state index in [0.717, 1.165) is 17.8 Å². The van der Waals surface area contributed by atoms with Crippen LogP contribution in [0.4, 0.5) is 0 Å². The zero-order valence-electron chi connectivity index (χ0n) is 12.1. The van der Waals surface area contributed by atoms with Crippen molar-refractivity contribution < 1.29 is 4.79 Å². The number of hydrogen-bond donors (Lipinski definition) is 1. The van der Waals surface area contributed by atoms with Gasteiger partial charge in [-0.05, 0) is 42.5 Å². The van der Waals surface area contributed by atoms with Gasteiger partial charge in [-0.15, -0.1) is 0 Å². The molecule has 2 aromatic heterocycles. The van der Waals surface area contributed by atoms with Crippen molar-refractivity contribution in [2.24, 2.45) is 0 Å². The van der Waals surface area contributed by atoms with Gasteiger partial charge in [0.2, 0.25) is 0 Å². The molecule has 110 valence electrons. The van der Waals surface area contributed by atoms with Crippen molar-refractivity contribution in [2.45, 2.75) is 6.42 Å². The summed E-state index contributed by atoms with van der Waals surface area (Å²) >= 11 is 0. The minimum absolute atomic E-state index is 0.0649. The Kier molecular flexibility index (Phi) is 4.30. The molecule has 0 saturated carbocycles. The molecule has 1 N–H and O–H groups in total. The molecule has 0 aliphatic heterocycles. The number of carbonyl (C=O) groups excluding carboxylic acids is 1. The number of benzene rings is 1. The van der Waals surface area contributed by atoms with Gasteiger partial charge in [-0.3, -0.25) is 9.78 Å². The standard InChI is InChI=1S/C18H17N3O/c22-18(20-11-9-16-7-1-2-10-19-16)15-6-5-8-17(14-15)21-12-3-4-13-21/h1-8,10,12-14H,9,11H2,(H,20,22). The highest BCUT2D eigenvalue weighted by Crippen LogP contribution is 2.11. The van der Waals surface area contributed by atoms with Gasteiger partial charge in [-0.2, -0.15) is 0 Å². The van der Waals surface area contributed by atoms with Gasteiger partial charge in [-0.25, -0.2) is 0 Å². The van der Waals surface area contributed by atoms with Crippen molar-refractivity contribution in [1.29, 1.82) is 0 Å². The molecule has 22 heavy (non-hydrogen) atoms. The lowest BCUT2D eigenvalue weighted by atomic mass is 10.2. The Morgan fingerprint density at radius 3 is 2.68 bits per heavy atom. The van der Waals surface area contributed by atoms with Crippen LogP contribution in [0.15, 0.2) is 73.2 Å². The normalized spacial score (nSPS) is 10.4. The summed E-state index contributed by atoms with van der Waals surface area (Å²) in [6, 6.07) is 17.3. The zero-order valence-corrected chi connectivity index (χ0v) is 12.1. The summed E-state index contributed by atoms with van der Waals surface area (Å²) in [5.74, 6) is -0.0649. The average molecular weight is 291 g/mol. The Labute approximate surface area is 129 Å². The Hall–Kier alpha value is -2.88. The number of pyridine rings is 1. The molecule has 4 heteroatoms. The topological polar surface area (TPSA) is 46.9 Å². The highest BCUT2D eigenvalue weighted by molar-refractivity contribution is 5.94. The maximum Gasteiger partial charge on any atom is 0.251 e. The van der Waals surface area contributed by atoms with E-state index >= 15 is 0 Å². The van der Waals surface area contributed by atoms with Crippen molar-refractivity contribution in [1.82, 2.24) is 14.9 Å². The van der Waals surface area contributed by atoms with E-state index in [1.807, 2.05) is 71.6 Å². The van der Waals surface area contributed by atoms with E-state index in [2.05, 4.69) is 10.3 Å². The summed E-state index contributed by atoms with van der Waals surface area (Å²) in [6.45, 7) is 0.573. The van der Waals surface area contributed by atoms with Gasteiger partial charge in [0.25, 0.3) is 5.91 Å². The molecule has 0 bridgehead atoms. The first-order valence-electron chi connectivity index (χ1n) is 7.24. The number of nitrogens with zero attached hydrogens (tertiary/aromatic N) is 2. The van der Waals surface area contributed by atoms with Gasteiger partial charge in [0.05, 0.1) is 0 Å². The summed E-state index contributed by atoms with van der Waals surface area (Å²) in [5.41, 5.74) is 2.61. The molecular formula is C18H17N3O. The molecule has 4 nitrogen and oxygen atoms in total. The molecule has 2 heterocycles. The molecule has 0 fully saturated rings. The maximum absolute atomic E-state index is 12.2. The predicted molar refractivity (Wildman–Crippen MR) is 86.0 cm³/mol. The van der Waals surface area contributed by atoms with Crippen LogP contribution in [-0.4, -0.2) is 22.0 Å². The molecule has 3 rings (SSSR count). The largest absolute Gasteiger partial charge is 0.352 e. The summed E-state index contributed by atoms with van der Waals surface area (Å²) in [4.78, 5) is 16.5. The third kappa shape index (κ3) is 3.41. The van der Waals surface area contributed by atoms with Crippen molar-refractivity contribution in [3.63, 3.8) is 0 Å². The highest BCUT2D eigenvalue weighted by Gasteiger charge is 2.06. The molecule has 0 atom stereocenters. The molecule has 3 aromatic rings. The lowest BCUT2D eigenvalue weighted by Gasteiger charge is -2.08. The minimum atomic E-state index is -0.0649. The van der Waals surface area contributed by atoms with Crippen LogP contribution >= 0.6 is 0 Å². The van der Waals surface area contributed by atoms with Crippen LogP contribution in [0, 0.1) is 0 Å². The number of rotatable bonds is 5. The second-order valence-corrected chi connectivity index (χ2v) is 4.97. The molecular weight excluding hydrogens is 274 g/mol. The first kappa shape index (κ1) is 14.1. The van der Waals surface area contributed by atoms with Crippen LogP contribution < -0.4 is 5.32 Å². The van der Waals surface area contributed by atoms with Gasteiger partial charge >= 0.3 is 0 Å². The maximum atomic E-state index is 12.2. The fourth-order valence-electron chi connectivity index (χ4n) is 2.27. The van der Waals surface area contributed by atoms with E-state index in [4.69, 9.17) is 0 Å². The zero-order chi connectivity index (χ0) is 15.2. The quantitative estimate of drug-likeness (QED) is 0.785. The van der Waals surface area contributed by atoms with Crippen LogP contribution in [0.2, 0.25) is 0 Å². The third-order valence-electron chi connectivity index (χ3n) is 3.40. The Morgan fingerprint density at radius 2 is 1.91 bits per heavy atom. The van der Waals surface area contributed by atoms with Crippen LogP contribution in [0.5, 0.6) is 0 Å². The summed E-state index contributed by atoms with van der Waals surface area (Å²) in [6.07, 6.45) is 6.40. The van der Waals surface area contributed by atoms with Gasteiger partial charge < -0.3 is 9.88 Å². The van der Waals surface area contributed by atoms with E-state index in [9.17, 15) is 4.79 Å². The van der Waals surface area contributed by atoms with E-state index < -0.39 is 0 Å². The molecule has 0 saturated heterocycles. The second-order valence-electron chi connectivity index (χ2n) is 4.97. The lowest BCUT2D eigenvalue weighted by molar-refractivity contribution is 0.0954. The Balaban J connectivity index is 1.62. The number of carbonyl (C=O) groups is 1. The van der Waals surface area contributed by atoms with E-state index in [-0.39, 0.29) is 5.91 Å². The number of amides is 1. The van der Waals surface area contributed by atoms with Gasteiger partial charge in [0.1, 0.15) is 0 Å². The summed E-state index contributed by atoms with van der Waals surface area (Å²) in [7, 11) is 0. The third-order valence-corrected chi connectivity index (χ3v) is 3.40. The summed E-state index contributed by atoms with van der Waals surface area (Å²) < 4.78 is 1.98. The number of aromatic nitrogens is 2. The second kappa shape index (κ2) is 6.72. The number of nitrogens with one attached hydrogen (secondary N) is 1. The Bertz CT molecular complexity index is 736. The molecule has 0 aliphatic rings. The molecule has 1 amide bonds. The molecule has 0 spiro atoms. The van der Waals surface area contributed by atoms with Crippen LogP contribution in [0.25, 0.3) is 5.69 Å². The summed E-state index contributed by atoms with van der Waals surface area (Å²) in [5, 5.41) is 2.93. The predicted octanol–water partition coefficient (Wildman–Crippen LogP) is 2.84. The van der Waals surface area contributed by atoms with Gasteiger partial charge in [0.15, 0.2) is 0 Å². The highest BCUT2D eigenvalue weighted by atomic mass is 16.1. The molecule has 0 radical (unpaired) electrons. The SMILES string of the molecule is O=C(NCCc1ccccn1)c1cccc(-n2cccc2)c1. The number of hydrogen-bond acceptors (Lipinski definition) is 2. The van der Waals surface area contributed by atoms with E-state index in [1.165, 1.54) is 0 Å². The molecule has 0 unspecified atom stereocenters. The lowest BCUT2D eigenvalue weighted by Crippen LogP contribution is -2.25. The van der Waals surface area contributed by atoms with Crippen LogP contribution in [0.1, 0.15) is 16.1 Å². The van der Waals surface area contributed by atoms with Crippen molar-refractivity contribution in [3.8, 4) is 5.69 Å². The molecule has 1 aromatic carbocycles. The monoisotopic (exact) mass is 291 g/mol. The van der Waals surface area contributed by atoms with Crippen LogP contribution in [-0.2, 0) is 6.42 Å². The fraction of sp³-hybridized carbons (Fsp3) is 0.111. The first-order valence-corrected chi connectivity index (χ1v) is 7.24. The average Bonchev–Trinajstić information content (AvgIpc) is 3.10.